The summed E-state index contributed by atoms with van der Waals surface area (Å²) < 4.78 is 13.8. The Hall–Kier alpha value is -2.93. The Balaban J connectivity index is 1.38. The summed E-state index contributed by atoms with van der Waals surface area (Å²) in [5.74, 6) is -0.0294. The summed E-state index contributed by atoms with van der Waals surface area (Å²) >= 11 is 1.36. The lowest BCUT2D eigenvalue weighted by Crippen LogP contribution is -2.52. The lowest BCUT2D eigenvalue weighted by atomic mass is 10.1. The highest BCUT2D eigenvalue weighted by Crippen LogP contribution is 2.24. The van der Waals surface area contributed by atoms with Crippen LogP contribution >= 0.6 is 11.8 Å². The molecule has 3 aromatic rings. The second-order valence-corrected chi connectivity index (χ2v) is 7.79. The number of amides is 2. The van der Waals surface area contributed by atoms with Gasteiger partial charge in [-0.25, -0.2) is 9.37 Å². The summed E-state index contributed by atoms with van der Waals surface area (Å²) in [6, 6.07) is 17.0. The molecule has 7 heteroatoms. The van der Waals surface area contributed by atoms with Gasteiger partial charge in [-0.1, -0.05) is 36.4 Å². The van der Waals surface area contributed by atoms with Crippen LogP contribution in [-0.4, -0.2) is 33.8 Å². The molecule has 1 aromatic heterocycles. The Morgan fingerprint density at radius 3 is 2.75 bits per heavy atom. The number of aromatic nitrogens is 1. The van der Waals surface area contributed by atoms with Gasteiger partial charge in [0.05, 0.1) is 10.8 Å². The van der Waals surface area contributed by atoms with Crippen molar-refractivity contribution < 1.29 is 14.0 Å². The van der Waals surface area contributed by atoms with Crippen LogP contribution in [0.15, 0.2) is 60.7 Å². The maximum atomic E-state index is 13.8. The number of hydrogen-bond acceptors (Lipinski definition) is 4. The number of anilines is 1. The largest absolute Gasteiger partial charge is 0.343 e. The number of nitrogens with zero attached hydrogens (tertiary/aromatic N) is 1. The molecule has 0 saturated carbocycles. The van der Waals surface area contributed by atoms with Crippen LogP contribution in [0.5, 0.6) is 0 Å². The quantitative estimate of drug-likeness (QED) is 0.712. The summed E-state index contributed by atoms with van der Waals surface area (Å²) in [4.78, 5) is 29.3. The summed E-state index contributed by atoms with van der Waals surface area (Å²) in [6.07, 6.45) is 0.295. The van der Waals surface area contributed by atoms with Gasteiger partial charge in [-0.2, -0.15) is 0 Å². The third-order valence-electron chi connectivity index (χ3n) is 4.60. The van der Waals surface area contributed by atoms with Crippen LogP contribution in [0.3, 0.4) is 0 Å². The lowest BCUT2D eigenvalue weighted by molar-refractivity contribution is -0.126. The first kappa shape index (κ1) is 18.4. The average Bonchev–Trinajstić information content (AvgIpc) is 2.71. The number of benzene rings is 2. The minimum absolute atomic E-state index is 0.258. The molecule has 2 amide bonds. The van der Waals surface area contributed by atoms with Crippen molar-refractivity contribution in [2.75, 3.05) is 11.1 Å². The molecule has 0 aliphatic carbocycles. The van der Waals surface area contributed by atoms with Crippen LogP contribution in [0.4, 0.5) is 10.2 Å². The molecule has 1 saturated heterocycles. The molecule has 28 heavy (non-hydrogen) atoms. The van der Waals surface area contributed by atoms with E-state index in [0.717, 1.165) is 10.9 Å². The van der Waals surface area contributed by atoms with Crippen molar-refractivity contribution in [3.05, 3.63) is 72.0 Å². The second-order valence-electron chi connectivity index (χ2n) is 6.56. The minimum atomic E-state index is -0.650. The third kappa shape index (κ3) is 3.99. The number of carbonyl (C=O) groups excluding carboxylic acids is 2. The smallest absolute Gasteiger partial charge is 0.248 e. The van der Waals surface area contributed by atoms with Crippen molar-refractivity contribution in [2.24, 2.45) is 0 Å². The van der Waals surface area contributed by atoms with Gasteiger partial charge >= 0.3 is 0 Å². The third-order valence-corrected chi connectivity index (χ3v) is 5.91. The van der Waals surface area contributed by atoms with Crippen molar-refractivity contribution in [3.8, 4) is 0 Å². The van der Waals surface area contributed by atoms with Crippen LogP contribution in [0.1, 0.15) is 5.56 Å². The minimum Gasteiger partial charge on any atom is -0.343 e. The molecular formula is C21H18FN3O2S. The predicted octanol–water partition coefficient (Wildman–Crippen LogP) is 3.16. The fourth-order valence-corrected chi connectivity index (χ4v) is 4.28. The fourth-order valence-electron chi connectivity index (χ4n) is 3.10. The van der Waals surface area contributed by atoms with E-state index in [1.807, 2.05) is 30.3 Å². The average molecular weight is 395 g/mol. The number of thioether (sulfide) groups is 1. The first-order valence-corrected chi connectivity index (χ1v) is 9.97. The molecular weight excluding hydrogens is 377 g/mol. The Morgan fingerprint density at radius 1 is 1.14 bits per heavy atom. The molecule has 0 radical (unpaired) electrons. The van der Waals surface area contributed by atoms with Crippen molar-refractivity contribution in [1.29, 1.82) is 0 Å². The molecule has 0 spiro atoms. The van der Waals surface area contributed by atoms with Gasteiger partial charge in [0, 0.05) is 11.1 Å². The van der Waals surface area contributed by atoms with E-state index in [-0.39, 0.29) is 17.6 Å². The highest BCUT2D eigenvalue weighted by molar-refractivity contribution is 8.00. The van der Waals surface area contributed by atoms with Gasteiger partial charge in [0.25, 0.3) is 0 Å². The Morgan fingerprint density at radius 2 is 1.93 bits per heavy atom. The Labute approximate surface area is 165 Å². The number of nitrogens with one attached hydrogen (secondary N) is 2. The Kier molecular flexibility index (Phi) is 5.25. The van der Waals surface area contributed by atoms with Crippen LogP contribution in [0, 0.1) is 5.82 Å². The number of halogens is 1. The van der Waals surface area contributed by atoms with E-state index in [4.69, 9.17) is 0 Å². The van der Waals surface area contributed by atoms with E-state index < -0.39 is 11.3 Å². The molecule has 2 heterocycles. The van der Waals surface area contributed by atoms with E-state index in [0.29, 0.717) is 23.6 Å². The molecule has 2 N–H and O–H groups in total. The molecule has 142 valence electrons. The first-order chi connectivity index (χ1) is 13.6. The molecule has 0 bridgehead atoms. The number of fused-ring (bicyclic) bond motifs is 1. The zero-order valence-corrected chi connectivity index (χ0v) is 15.7. The van der Waals surface area contributed by atoms with Crippen molar-refractivity contribution in [2.45, 2.75) is 17.7 Å². The highest BCUT2D eigenvalue weighted by atomic mass is 32.2. The monoisotopic (exact) mass is 395 g/mol. The molecule has 4 rings (SSSR count). The zero-order valence-electron chi connectivity index (χ0n) is 14.9. The van der Waals surface area contributed by atoms with Gasteiger partial charge in [-0.15, -0.1) is 11.8 Å². The topological polar surface area (TPSA) is 71.1 Å². The van der Waals surface area contributed by atoms with Gasteiger partial charge in [0.2, 0.25) is 11.8 Å². The van der Waals surface area contributed by atoms with Crippen LogP contribution in [-0.2, 0) is 16.0 Å². The number of carbonyl (C=O) groups is 2. The van der Waals surface area contributed by atoms with Crippen LogP contribution in [0.2, 0.25) is 0 Å². The fraction of sp³-hybridized carbons (Fsp3) is 0.190. The number of hydrogen-bond donors (Lipinski definition) is 2. The summed E-state index contributed by atoms with van der Waals surface area (Å²) in [5.41, 5.74) is 1.28. The predicted molar refractivity (Wildman–Crippen MR) is 109 cm³/mol. The SMILES string of the molecule is O=C(Nc1ccc2ccccc2n1)C1CSC(Cc2ccccc2F)C(=O)N1. The zero-order chi connectivity index (χ0) is 19.5. The number of pyridine rings is 1. The maximum Gasteiger partial charge on any atom is 0.248 e. The van der Waals surface area contributed by atoms with Gasteiger partial charge in [0.1, 0.15) is 17.7 Å². The van der Waals surface area contributed by atoms with Crippen molar-refractivity contribution >= 4 is 40.3 Å². The van der Waals surface area contributed by atoms with E-state index in [1.165, 1.54) is 17.8 Å². The maximum absolute atomic E-state index is 13.8. The van der Waals surface area contributed by atoms with Crippen LogP contribution < -0.4 is 10.6 Å². The summed E-state index contributed by atoms with van der Waals surface area (Å²) in [7, 11) is 0. The molecule has 1 fully saturated rings. The van der Waals surface area contributed by atoms with E-state index in [9.17, 15) is 14.0 Å². The normalized spacial score (nSPS) is 19.2. The number of rotatable bonds is 4. The number of para-hydroxylation sites is 1. The molecule has 2 aromatic carbocycles. The van der Waals surface area contributed by atoms with Crippen LogP contribution in [0.25, 0.3) is 10.9 Å². The summed E-state index contributed by atoms with van der Waals surface area (Å²) in [5, 5.41) is 6.07. The lowest BCUT2D eigenvalue weighted by Gasteiger charge is -2.28. The van der Waals surface area contributed by atoms with Gasteiger partial charge < -0.3 is 10.6 Å². The van der Waals surface area contributed by atoms with Gasteiger partial charge in [-0.3, -0.25) is 9.59 Å². The summed E-state index contributed by atoms with van der Waals surface area (Å²) in [6.45, 7) is 0. The molecule has 1 aliphatic heterocycles. The molecule has 5 nitrogen and oxygen atoms in total. The van der Waals surface area contributed by atoms with Crippen molar-refractivity contribution in [3.63, 3.8) is 0 Å². The first-order valence-electron chi connectivity index (χ1n) is 8.92. The second kappa shape index (κ2) is 7.98. The molecule has 2 unspecified atom stereocenters. The van der Waals surface area contributed by atoms with E-state index in [1.54, 1.807) is 24.3 Å². The standard InChI is InChI=1S/C21H18FN3O2S/c22-15-7-3-1-6-14(15)11-18-21(27)24-17(12-28-18)20(26)25-19-10-9-13-5-2-4-8-16(13)23-19/h1-10,17-18H,11-12H2,(H,24,27)(H,23,25,26). The van der Waals surface area contributed by atoms with E-state index >= 15 is 0 Å². The van der Waals surface area contributed by atoms with Crippen molar-refractivity contribution in [1.82, 2.24) is 10.3 Å². The Bertz CT molecular complexity index is 1040. The molecule has 2 atom stereocenters. The van der Waals surface area contributed by atoms with Gasteiger partial charge in [-0.05, 0) is 36.2 Å². The molecule has 1 aliphatic rings. The van der Waals surface area contributed by atoms with Gasteiger partial charge in [0.15, 0.2) is 0 Å². The van der Waals surface area contributed by atoms with E-state index in [2.05, 4.69) is 15.6 Å². The highest BCUT2D eigenvalue weighted by Gasteiger charge is 2.33.